The molecule has 0 aromatic heterocycles. The fraction of sp³-hybridized carbons (Fsp3) is 0.333. The Labute approximate surface area is 116 Å². The maximum Gasteiger partial charge on any atom is 0.0291 e. The lowest BCUT2D eigenvalue weighted by Gasteiger charge is -2.14. The van der Waals surface area contributed by atoms with Crippen LogP contribution in [0.25, 0.3) is 11.1 Å². The summed E-state index contributed by atoms with van der Waals surface area (Å²) in [4.78, 5) is 0. The smallest absolute Gasteiger partial charge is 0.0291 e. The zero-order valence-corrected chi connectivity index (χ0v) is 12.1. The van der Waals surface area contributed by atoms with Gasteiger partial charge in [0, 0.05) is 6.04 Å². The quantitative estimate of drug-likeness (QED) is 0.812. The molecule has 1 atom stereocenters. The predicted molar refractivity (Wildman–Crippen MR) is 83.3 cm³/mol. The van der Waals surface area contributed by atoms with Gasteiger partial charge in [0.05, 0.1) is 0 Å². The van der Waals surface area contributed by atoms with E-state index < -0.39 is 0 Å². The van der Waals surface area contributed by atoms with Gasteiger partial charge in [-0.15, -0.1) is 0 Å². The van der Waals surface area contributed by atoms with Crippen molar-refractivity contribution in [2.45, 2.75) is 33.2 Å². The highest BCUT2D eigenvalue weighted by atomic mass is 14.9. The van der Waals surface area contributed by atoms with Crippen LogP contribution in [0.1, 0.15) is 37.4 Å². The van der Waals surface area contributed by atoms with E-state index in [1.165, 1.54) is 28.7 Å². The summed E-state index contributed by atoms with van der Waals surface area (Å²) >= 11 is 0. The minimum atomic E-state index is 0.422. The average molecular weight is 253 g/mol. The van der Waals surface area contributed by atoms with E-state index in [9.17, 15) is 0 Å². The Morgan fingerprint density at radius 3 is 2.32 bits per heavy atom. The Kier molecular flexibility index (Phi) is 4.75. The monoisotopic (exact) mass is 253 g/mol. The molecule has 0 bridgehead atoms. The second-order valence-corrected chi connectivity index (χ2v) is 5.11. The van der Waals surface area contributed by atoms with Crippen molar-refractivity contribution in [3.8, 4) is 11.1 Å². The van der Waals surface area contributed by atoms with Crippen molar-refractivity contribution in [3.05, 3.63) is 59.7 Å². The van der Waals surface area contributed by atoms with Gasteiger partial charge in [-0.2, -0.15) is 0 Å². The summed E-state index contributed by atoms with van der Waals surface area (Å²) in [5.74, 6) is 0. The van der Waals surface area contributed by atoms with Crippen LogP contribution >= 0.6 is 0 Å². The van der Waals surface area contributed by atoms with Crippen molar-refractivity contribution in [1.82, 2.24) is 5.32 Å². The Morgan fingerprint density at radius 1 is 1.00 bits per heavy atom. The topological polar surface area (TPSA) is 12.0 Å². The molecule has 0 spiro atoms. The Balaban J connectivity index is 2.17. The molecule has 0 radical (unpaired) electrons. The molecule has 0 saturated carbocycles. The van der Waals surface area contributed by atoms with Crippen molar-refractivity contribution in [2.75, 3.05) is 6.54 Å². The lowest BCUT2D eigenvalue weighted by molar-refractivity contribution is 0.571. The van der Waals surface area contributed by atoms with Crippen LogP contribution in [0.4, 0.5) is 0 Å². The van der Waals surface area contributed by atoms with E-state index in [2.05, 4.69) is 74.6 Å². The van der Waals surface area contributed by atoms with Crippen LogP contribution in [-0.4, -0.2) is 6.54 Å². The number of aryl methyl sites for hydroxylation is 1. The van der Waals surface area contributed by atoms with Gasteiger partial charge in [-0.25, -0.2) is 0 Å². The van der Waals surface area contributed by atoms with Gasteiger partial charge in [0.1, 0.15) is 0 Å². The zero-order chi connectivity index (χ0) is 13.7. The first-order valence-corrected chi connectivity index (χ1v) is 7.11. The maximum atomic E-state index is 3.52. The molecule has 100 valence electrons. The molecule has 2 rings (SSSR count). The van der Waals surface area contributed by atoms with Gasteiger partial charge < -0.3 is 5.32 Å². The van der Waals surface area contributed by atoms with Crippen LogP contribution in [0.3, 0.4) is 0 Å². The number of hydrogen-bond acceptors (Lipinski definition) is 1. The first kappa shape index (κ1) is 13.8. The number of nitrogens with one attached hydrogen (secondary N) is 1. The molecular formula is C18H23N. The van der Waals surface area contributed by atoms with E-state index >= 15 is 0 Å². The van der Waals surface area contributed by atoms with Gasteiger partial charge in [-0.05, 0) is 49.1 Å². The molecule has 19 heavy (non-hydrogen) atoms. The Hall–Kier alpha value is -1.60. The summed E-state index contributed by atoms with van der Waals surface area (Å²) in [5.41, 5.74) is 5.30. The molecule has 1 heteroatoms. The largest absolute Gasteiger partial charge is 0.310 e. The van der Waals surface area contributed by atoms with Gasteiger partial charge in [0.15, 0.2) is 0 Å². The van der Waals surface area contributed by atoms with Crippen LogP contribution in [0.15, 0.2) is 48.5 Å². The van der Waals surface area contributed by atoms with Crippen molar-refractivity contribution >= 4 is 0 Å². The third-order valence-electron chi connectivity index (χ3n) is 3.57. The second-order valence-electron chi connectivity index (χ2n) is 5.11. The van der Waals surface area contributed by atoms with E-state index in [1.807, 2.05) is 0 Å². The highest BCUT2D eigenvalue weighted by Gasteiger charge is 2.05. The maximum absolute atomic E-state index is 3.52. The van der Waals surface area contributed by atoms with Crippen molar-refractivity contribution < 1.29 is 0 Å². The van der Waals surface area contributed by atoms with Crippen LogP contribution in [0.5, 0.6) is 0 Å². The molecule has 0 heterocycles. The molecule has 1 unspecified atom stereocenters. The average Bonchev–Trinajstić information content (AvgIpc) is 2.45. The second kappa shape index (κ2) is 6.53. The Bertz CT molecular complexity index is 513. The zero-order valence-electron chi connectivity index (χ0n) is 12.1. The van der Waals surface area contributed by atoms with Crippen molar-refractivity contribution in [3.63, 3.8) is 0 Å². The fourth-order valence-corrected chi connectivity index (χ4v) is 2.33. The van der Waals surface area contributed by atoms with Gasteiger partial charge >= 0.3 is 0 Å². The van der Waals surface area contributed by atoms with Gasteiger partial charge in [0.2, 0.25) is 0 Å². The summed E-state index contributed by atoms with van der Waals surface area (Å²) in [6.07, 6.45) is 1.17. The lowest BCUT2D eigenvalue weighted by Crippen LogP contribution is -2.19. The first-order valence-electron chi connectivity index (χ1n) is 7.11. The molecule has 0 saturated heterocycles. The summed E-state index contributed by atoms with van der Waals surface area (Å²) in [6, 6.07) is 17.9. The van der Waals surface area contributed by atoms with Gasteiger partial charge in [-0.1, -0.05) is 55.5 Å². The Morgan fingerprint density at radius 2 is 1.68 bits per heavy atom. The summed E-state index contributed by atoms with van der Waals surface area (Å²) in [7, 11) is 0. The van der Waals surface area contributed by atoms with Crippen molar-refractivity contribution in [1.29, 1.82) is 0 Å². The van der Waals surface area contributed by atoms with Crippen molar-refractivity contribution in [2.24, 2.45) is 0 Å². The van der Waals surface area contributed by atoms with E-state index in [1.54, 1.807) is 0 Å². The van der Waals surface area contributed by atoms with Gasteiger partial charge in [-0.3, -0.25) is 0 Å². The first-order chi connectivity index (χ1) is 9.22. The number of benzene rings is 2. The molecular weight excluding hydrogens is 230 g/mol. The standard InChI is InChI=1S/C18H23N/c1-4-13-19-15(3)16-9-11-17(12-10-16)18-8-6-5-7-14(18)2/h5-12,15,19H,4,13H2,1-3H3. The molecule has 0 fully saturated rings. The molecule has 0 aliphatic carbocycles. The van der Waals surface area contributed by atoms with Crippen LogP contribution in [0.2, 0.25) is 0 Å². The molecule has 2 aromatic carbocycles. The SMILES string of the molecule is CCCNC(C)c1ccc(-c2ccccc2C)cc1. The molecule has 0 aliphatic rings. The van der Waals surface area contributed by atoms with Crippen LogP contribution in [0, 0.1) is 6.92 Å². The molecule has 1 N–H and O–H groups in total. The summed E-state index contributed by atoms with van der Waals surface area (Å²) < 4.78 is 0. The summed E-state index contributed by atoms with van der Waals surface area (Å²) in [5, 5.41) is 3.52. The minimum absolute atomic E-state index is 0.422. The number of hydrogen-bond donors (Lipinski definition) is 1. The summed E-state index contributed by atoms with van der Waals surface area (Å²) in [6.45, 7) is 7.65. The highest BCUT2D eigenvalue weighted by Crippen LogP contribution is 2.24. The van der Waals surface area contributed by atoms with E-state index in [4.69, 9.17) is 0 Å². The predicted octanol–water partition coefficient (Wildman–Crippen LogP) is 4.72. The minimum Gasteiger partial charge on any atom is -0.310 e. The normalized spacial score (nSPS) is 12.4. The third kappa shape index (κ3) is 3.45. The number of rotatable bonds is 5. The van der Waals surface area contributed by atoms with E-state index in [-0.39, 0.29) is 0 Å². The third-order valence-corrected chi connectivity index (χ3v) is 3.57. The molecule has 0 aliphatic heterocycles. The van der Waals surface area contributed by atoms with Crippen LogP contribution < -0.4 is 5.32 Å². The van der Waals surface area contributed by atoms with E-state index in [0.29, 0.717) is 6.04 Å². The van der Waals surface area contributed by atoms with E-state index in [0.717, 1.165) is 6.54 Å². The van der Waals surface area contributed by atoms with Gasteiger partial charge in [0.25, 0.3) is 0 Å². The lowest BCUT2D eigenvalue weighted by atomic mass is 9.98. The highest BCUT2D eigenvalue weighted by molar-refractivity contribution is 5.67. The fourth-order valence-electron chi connectivity index (χ4n) is 2.33. The van der Waals surface area contributed by atoms with Crippen LogP contribution in [-0.2, 0) is 0 Å². The molecule has 0 amide bonds. The molecule has 1 nitrogen and oxygen atoms in total. The molecule has 2 aromatic rings.